The molecule has 0 aliphatic carbocycles. The van der Waals surface area contributed by atoms with Gasteiger partial charge in [-0.2, -0.15) is 0 Å². The molecule has 3 heteroatoms. The number of benzene rings is 3. The van der Waals surface area contributed by atoms with E-state index in [4.69, 9.17) is 4.98 Å². The number of aromatic nitrogens is 2. The van der Waals surface area contributed by atoms with Crippen molar-refractivity contribution < 1.29 is 5.11 Å². The molecule has 4 aromatic rings. The topological polar surface area (TPSA) is 48.9 Å². The summed E-state index contributed by atoms with van der Waals surface area (Å²) in [6.07, 6.45) is 6.09. The third kappa shape index (κ3) is 4.77. The van der Waals surface area contributed by atoms with E-state index in [2.05, 4.69) is 67.4 Å². The van der Waals surface area contributed by atoms with Gasteiger partial charge in [-0.1, -0.05) is 87.4 Å². The van der Waals surface area contributed by atoms with Gasteiger partial charge in [0.2, 0.25) is 0 Å². The second-order valence-corrected chi connectivity index (χ2v) is 8.39. The van der Waals surface area contributed by atoms with Gasteiger partial charge in [-0.15, -0.1) is 0 Å². The molecule has 1 aromatic heterocycles. The van der Waals surface area contributed by atoms with E-state index in [0.29, 0.717) is 5.75 Å². The number of hydrogen-bond acceptors (Lipinski definition) is 2. The Balaban J connectivity index is 1.85. The number of nitrogens with zero attached hydrogens (tertiary/aromatic N) is 1. The highest BCUT2D eigenvalue weighted by Gasteiger charge is 2.17. The molecule has 0 bridgehead atoms. The summed E-state index contributed by atoms with van der Waals surface area (Å²) in [6.45, 7) is 4.37. The van der Waals surface area contributed by atoms with Crippen LogP contribution >= 0.6 is 0 Å². The van der Waals surface area contributed by atoms with Crippen LogP contribution in [-0.2, 0) is 12.8 Å². The number of phenolic OH excluding ortho intramolecular Hbond substituents is 1. The van der Waals surface area contributed by atoms with Crippen molar-refractivity contribution in [1.29, 1.82) is 0 Å². The minimum absolute atomic E-state index is 0.466. The number of imidazole rings is 1. The lowest BCUT2D eigenvalue weighted by atomic mass is 9.97. The van der Waals surface area contributed by atoms with E-state index in [9.17, 15) is 5.11 Å². The molecule has 0 unspecified atom stereocenters. The van der Waals surface area contributed by atoms with Crippen LogP contribution in [0.3, 0.4) is 0 Å². The quantitative estimate of drug-likeness (QED) is 0.288. The van der Waals surface area contributed by atoms with Gasteiger partial charge in [0.25, 0.3) is 0 Å². The van der Waals surface area contributed by atoms with E-state index in [1.807, 2.05) is 24.3 Å². The fourth-order valence-electron chi connectivity index (χ4n) is 4.14. The largest absolute Gasteiger partial charge is 0.507 e. The molecule has 0 radical (unpaired) electrons. The molecule has 3 nitrogen and oxygen atoms in total. The molecule has 0 saturated heterocycles. The van der Waals surface area contributed by atoms with Crippen LogP contribution in [0.25, 0.3) is 33.9 Å². The Morgan fingerprint density at radius 1 is 0.719 bits per heavy atom. The van der Waals surface area contributed by atoms with Crippen LogP contribution in [0.15, 0.2) is 72.8 Å². The van der Waals surface area contributed by atoms with Gasteiger partial charge in [0.15, 0.2) is 0 Å². The van der Waals surface area contributed by atoms with Crippen LogP contribution in [0, 0.1) is 0 Å². The maximum absolute atomic E-state index is 10.9. The van der Waals surface area contributed by atoms with Gasteiger partial charge >= 0.3 is 0 Å². The highest BCUT2D eigenvalue weighted by Crippen LogP contribution is 2.36. The van der Waals surface area contributed by atoms with Gasteiger partial charge in [0.1, 0.15) is 11.6 Å². The second kappa shape index (κ2) is 10.3. The van der Waals surface area contributed by atoms with Crippen molar-refractivity contribution in [3.63, 3.8) is 0 Å². The molecule has 0 atom stereocenters. The lowest BCUT2D eigenvalue weighted by molar-refractivity contribution is 0.458. The van der Waals surface area contributed by atoms with Gasteiger partial charge in [0.05, 0.1) is 11.4 Å². The van der Waals surface area contributed by atoms with Crippen LogP contribution in [0.4, 0.5) is 0 Å². The van der Waals surface area contributed by atoms with E-state index in [1.54, 1.807) is 0 Å². The first-order valence-corrected chi connectivity index (χ1v) is 11.8. The smallest absolute Gasteiger partial charge is 0.138 e. The molecule has 0 fully saturated rings. The zero-order chi connectivity index (χ0) is 22.3. The molecule has 1 heterocycles. The molecule has 0 aliphatic heterocycles. The minimum Gasteiger partial charge on any atom is -0.507 e. The van der Waals surface area contributed by atoms with Crippen molar-refractivity contribution in [2.45, 2.75) is 52.4 Å². The number of aromatic amines is 1. The fraction of sp³-hybridized carbons (Fsp3) is 0.276. The Bertz CT molecular complexity index is 1060. The highest BCUT2D eigenvalue weighted by molar-refractivity contribution is 5.81. The summed E-state index contributed by atoms with van der Waals surface area (Å²) in [4.78, 5) is 8.67. The SMILES string of the molecule is CCCCc1cc(-c2nc(-c3ccccc3)c(-c3ccccc3)[nH]2)cc(CCCC)c1O. The summed E-state index contributed by atoms with van der Waals surface area (Å²) in [6, 6.07) is 24.9. The third-order valence-corrected chi connectivity index (χ3v) is 5.95. The maximum atomic E-state index is 10.9. The van der Waals surface area contributed by atoms with Gasteiger partial charge in [-0.3, -0.25) is 0 Å². The monoisotopic (exact) mass is 424 g/mol. The third-order valence-electron chi connectivity index (χ3n) is 5.95. The summed E-state index contributed by atoms with van der Waals surface area (Å²) >= 11 is 0. The van der Waals surface area contributed by atoms with Gasteiger partial charge in [-0.25, -0.2) is 4.98 Å². The molecule has 0 saturated carbocycles. The summed E-state index contributed by atoms with van der Waals surface area (Å²) in [7, 11) is 0. The molecule has 164 valence electrons. The number of rotatable bonds is 9. The van der Waals surface area contributed by atoms with E-state index in [1.165, 1.54) is 0 Å². The summed E-state index contributed by atoms with van der Waals surface area (Å²) in [5.74, 6) is 1.31. The second-order valence-electron chi connectivity index (χ2n) is 8.39. The Labute approximate surface area is 191 Å². The lowest BCUT2D eigenvalue weighted by Crippen LogP contribution is -1.95. The molecular formula is C29H32N2O. The first-order chi connectivity index (χ1) is 15.7. The number of nitrogens with one attached hydrogen (secondary N) is 1. The van der Waals surface area contributed by atoms with E-state index in [0.717, 1.165) is 83.6 Å². The number of H-pyrrole nitrogens is 1. The van der Waals surface area contributed by atoms with Crippen molar-refractivity contribution in [2.75, 3.05) is 0 Å². The molecule has 0 amide bonds. The average Bonchev–Trinajstić information content (AvgIpc) is 3.29. The van der Waals surface area contributed by atoms with Crippen LogP contribution in [0.2, 0.25) is 0 Å². The average molecular weight is 425 g/mol. The Kier molecular flexibility index (Phi) is 7.06. The van der Waals surface area contributed by atoms with E-state index < -0.39 is 0 Å². The van der Waals surface area contributed by atoms with E-state index in [-0.39, 0.29) is 0 Å². The normalized spacial score (nSPS) is 11.1. The number of aromatic hydroxyl groups is 1. The van der Waals surface area contributed by atoms with Crippen LogP contribution in [-0.4, -0.2) is 15.1 Å². The number of hydrogen-bond donors (Lipinski definition) is 2. The Morgan fingerprint density at radius 2 is 1.25 bits per heavy atom. The van der Waals surface area contributed by atoms with Crippen molar-refractivity contribution in [1.82, 2.24) is 9.97 Å². The first-order valence-electron chi connectivity index (χ1n) is 11.8. The van der Waals surface area contributed by atoms with E-state index >= 15 is 0 Å². The standard InChI is InChI=1S/C29H32N2O/c1-3-5-13-23-19-25(20-24(28(23)32)14-6-4-2)29-30-26(21-15-9-7-10-16-21)27(31-29)22-17-11-8-12-18-22/h7-12,15-20,32H,3-6,13-14H2,1-2H3,(H,30,31). The highest BCUT2D eigenvalue weighted by atomic mass is 16.3. The Morgan fingerprint density at radius 3 is 1.78 bits per heavy atom. The predicted molar refractivity (Wildman–Crippen MR) is 134 cm³/mol. The lowest BCUT2D eigenvalue weighted by Gasteiger charge is -2.12. The molecule has 0 aliphatic rings. The van der Waals surface area contributed by atoms with Crippen LogP contribution in [0.5, 0.6) is 5.75 Å². The minimum atomic E-state index is 0.466. The number of aryl methyl sites for hydroxylation is 2. The molecular weight excluding hydrogens is 392 g/mol. The molecule has 0 spiro atoms. The molecule has 3 aromatic carbocycles. The van der Waals surface area contributed by atoms with Crippen molar-refractivity contribution in [3.05, 3.63) is 83.9 Å². The molecule has 4 rings (SSSR count). The molecule has 32 heavy (non-hydrogen) atoms. The van der Waals surface area contributed by atoms with Gasteiger partial charge < -0.3 is 10.1 Å². The van der Waals surface area contributed by atoms with Gasteiger partial charge in [0, 0.05) is 16.7 Å². The zero-order valence-corrected chi connectivity index (χ0v) is 19.1. The zero-order valence-electron chi connectivity index (χ0n) is 19.1. The summed E-state index contributed by atoms with van der Waals surface area (Å²) in [5, 5.41) is 10.9. The number of phenols is 1. The summed E-state index contributed by atoms with van der Waals surface area (Å²) < 4.78 is 0. The maximum Gasteiger partial charge on any atom is 0.138 e. The predicted octanol–water partition coefficient (Wildman–Crippen LogP) is 7.80. The van der Waals surface area contributed by atoms with Crippen molar-refractivity contribution in [2.24, 2.45) is 0 Å². The fourth-order valence-corrected chi connectivity index (χ4v) is 4.14. The summed E-state index contributed by atoms with van der Waals surface area (Å²) in [5.41, 5.74) is 7.25. The number of unbranched alkanes of at least 4 members (excludes halogenated alkanes) is 2. The molecule has 2 N–H and O–H groups in total. The van der Waals surface area contributed by atoms with Crippen molar-refractivity contribution >= 4 is 0 Å². The Hall–Kier alpha value is -3.33. The van der Waals surface area contributed by atoms with Gasteiger partial charge in [-0.05, 0) is 48.9 Å². The first kappa shape index (κ1) is 21.9. The van der Waals surface area contributed by atoms with Crippen LogP contribution in [0.1, 0.15) is 50.7 Å². The van der Waals surface area contributed by atoms with Crippen LogP contribution < -0.4 is 0 Å². The van der Waals surface area contributed by atoms with Crippen molar-refractivity contribution in [3.8, 4) is 39.7 Å².